The van der Waals surface area contributed by atoms with Crippen molar-refractivity contribution in [2.45, 2.75) is 55.0 Å². The minimum absolute atomic E-state index is 0.0109. The molecule has 192 valence electrons. The average Bonchev–Trinajstić information content (AvgIpc) is 3.47. The van der Waals surface area contributed by atoms with Gasteiger partial charge >= 0.3 is 6.18 Å². The van der Waals surface area contributed by atoms with E-state index in [4.69, 9.17) is 4.74 Å². The van der Waals surface area contributed by atoms with Crippen LogP contribution in [0.1, 0.15) is 54.7 Å². The molecule has 0 aliphatic carbocycles. The molecule has 2 aliphatic rings. The van der Waals surface area contributed by atoms with E-state index in [9.17, 15) is 26.4 Å². The standard InChI is InChI=1S/C25H25F3N2O4S2/c1-23(2,3)36(32,33)18-10-15-35-21(18)22(31)29-13-11-24(12-14-29)19-8-9-20(25(26,27)28)30(19)16-6-4-5-7-17(16)34-24/h4-10,15H,11-14H2,1-3H3. The van der Waals surface area contributed by atoms with Crippen LogP contribution in [0.4, 0.5) is 13.2 Å². The first-order valence-electron chi connectivity index (χ1n) is 11.5. The number of rotatable bonds is 2. The topological polar surface area (TPSA) is 68.6 Å². The number of para-hydroxylation sites is 2. The van der Waals surface area contributed by atoms with Crippen molar-refractivity contribution in [3.05, 3.63) is 64.1 Å². The lowest BCUT2D eigenvalue weighted by Crippen LogP contribution is -2.50. The van der Waals surface area contributed by atoms with Gasteiger partial charge in [0.15, 0.2) is 15.4 Å². The summed E-state index contributed by atoms with van der Waals surface area (Å²) >= 11 is 1.08. The maximum atomic E-state index is 13.8. The van der Waals surface area contributed by atoms with E-state index in [1.165, 1.54) is 16.7 Å². The maximum Gasteiger partial charge on any atom is 0.431 e. The van der Waals surface area contributed by atoms with E-state index >= 15 is 0 Å². The molecule has 1 aromatic carbocycles. The predicted octanol–water partition coefficient (Wildman–Crippen LogP) is 5.65. The van der Waals surface area contributed by atoms with Crippen LogP contribution in [0, 0.1) is 0 Å². The number of carbonyl (C=O) groups is 1. The molecule has 0 bridgehead atoms. The molecule has 2 aliphatic heterocycles. The first-order chi connectivity index (χ1) is 16.8. The Morgan fingerprint density at radius 3 is 2.33 bits per heavy atom. The van der Waals surface area contributed by atoms with Gasteiger partial charge in [-0.3, -0.25) is 4.79 Å². The van der Waals surface area contributed by atoms with Crippen LogP contribution in [0.25, 0.3) is 5.69 Å². The smallest absolute Gasteiger partial charge is 0.431 e. The fourth-order valence-electron chi connectivity index (χ4n) is 4.83. The molecule has 5 rings (SSSR count). The summed E-state index contributed by atoms with van der Waals surface area (Å²) in [5, 5.41) is 1.59. The van der Waals surface area contributed by atoms with E-state index in [0.29, 0.717) is 17.1 Å². The fraction of sp³-hybridized carbons (Fsp3) is 0.400. The third-order valence-electron chi connectivity index (χ3n) is 6.83. The van der Waals surface area contributed by atoms with E-state index in [1.807, 2.05) is 0 Å². The van der Waals surface area contributed by atoms with Crippen LogP contribution in [0.3, 0.4) is 0 Å². The van der Waals surface area contributed by atoms with Crippen molar-refractivity contribution in [2.75, 3.05) is 13.1 Å². The van der Waals surface area contributed by atoms with Gasteiger partial charge in [0, 0.05) is 25.9 Å². The fourth-order valence-corrected chi connectivity index (χ4v) is 7.38. The van der Waals surface area contributed by atoms with E-state index in [-0.39, 0.29) is 35.7 Å². The van der Waals surface area contributed by atoms with Crippen LogP contribution < -0.4 is 4.74 Å². The molecular weight excluding hydrogens is 513 g/mol. The minimum Gasteiger partial charge on any atom is -0.479 e. The van der Waals surface area contributed by atoms with Gasteiger partial charge < -0.3 is 14.2 Å². The van der Waals surface area contributed by atoms with Crippen LogP contribution in [-0.2, 0) is 21.6 Å². The highest BCUT2D eigenvalue weighted by molar-refractivity contribution is 7.93. The monoisotopic (exact) mass is 538 g/mol. The highest BCUT2D eigenvalue weighted by atomic mass is 32.2. The Balaban J connectivity index is 1.46. The largest absolute Gasteiger partial charge is 0.479 e. The number of fused-ring (bicyclic) bond motifs is 4. The lowest BCUT2D eigenvalue weighted by Gasteiger charge is -2.45. The zero-order valence-electron chi connectivity index (χ0n) is 19.9. The van der Waals surface area contributed by atoms with Crippen molar-refractivity contribution in [3.8, 4) is 11.4 Å². The number of amides is 1. The number of ether oxygens (including phenoxy) is 1. The molecule has 1 amide bonds. The number of halogens is 3. The molecule has 3 aromatic rings. The van der Waals surface area contributed by atoms with Crippen molar-refractivity contribution < 1.29 is 31.1 Å². The molecule has 1 spiro atoms. The summed E-state index contributed by atoms with van der Waals surface area (Å²) in [6.07, 6.45) is -4.02. The van der Waals surface area contributed by atoms with Crippen LogP contribution in [0.2, 0.25) is 0 Å². The Morgan fingerprint density at radius 1 is 1.03 bits per heavy atom. The number of sulfone groups is 1. The first kappa shape index (κ1) is 24.9. The number of alkyl halides is 3. The summed E-state index contributed by atoms with van der Waals surface area (Å²) in [5.74, 6) is -0.0477. The second-order valence-corrected chi connectivity index (χ2v) is 13.6. The highest BCUT2D eigenvalue weighted by Gasteiger charge is 2.48. The van der Waals surface area contributed by atoms with Gasteiger partial charge in [-0.1, -0.05) is 12.1 Å². The van der Waals surface area contributed by atoms with Gasteiger partial charge in [0.05, 0.1) is 21.0 Å². The summed E-state index contributed by atoms with van der Waals surface area (Å²) in [5.41, 5.74) is -1.09. The third-order valence-corrected chi connectivity index (χ3v) is 10.4. The Kier molecular flexibility index (Phi) is 5.60. The molecule has 0 radical (unpaired) electrons. The van der Waals surface area contributed by atoms with Gasteiger partial charge in [-0.15, -0.1) is 11.3 Å². The number of benzene rings is 1. The Labute approximate surface area is 211 Å². The summed E-state index contributed by atoms with van der Waals surface area (Å²) in [4.78, 5) is 15.1. The lowest BCUT2D eigenvalue weighted by molar-refractivity contribution is -0.143. The summed E-state index contributed by atoms with van der Waals surface area (Å²) in [6.45, 7) is 5.17. The quantitative estimate of drug-likeness (QED) is 0.423. The summed E-state index contributed by atoms with van der Waals surface area (Å²) in [7, 11) is -3.73. The van der Waals surface area contributed by atoms with E-state index < -0.39 is 38.0 Å². The molecule has 0 unspecified atom stereocenters. The number of hydrogen-bond donors (Lipinski definition) is 0. The summed E-state index contributed by atoms with van der Waals surface area (Å²) in [6, 6.07) is 10.6. The second kappa shape index (κ2) is 8.11. The zero-order valence-corrected chi connectivity index (χ0v) is 21.6. The lowest BCUT2D eigenvalue weighted by atomic mass is 9.86. The number of nitrogens with zero attached hydrogens (tertiary/aromatic N) is 2. The van der Waals surface area contributed by atoms with Crippen molar-refractivity contribution in [1.82, 2.24) is 9.47 Å². The molecule has 36 heavy (non-hydrogen) atoms. The molecule has 6 nitrogen and oxygen atoms in total. The van der Waals surface area contributed by atoms with E-state index in [0.717, 1.165) is 17.4 Å². The van der Waals surface area contributed by atoms with Crippen LogP contribution >= 0.6 is 11.3 Å². The Bertz CT molecular complexity index is 1440. The number of aromatic nitrogens is 1. The Hall–Kier alpha value is -2.79. The molecule has 0 atom stereocenters. The molecular formula is C25H25F3N2O4S2. The predicted molar refractivity (Wildman–Crippen MR) is 129 cm³/mol. The maximum absolute atomic E-state index is 13.8. The van der Waals surface area contributed by atoms with Gasteiger partial charge in [0.25, 0.3) is 5.91 Å². The average molecular weight is 539 g/mol. The van der Waals surface area contributed by atoms with Gasteiger partial charge in [-0.25, -0.2) is 8.42 Å². The van der Waals surface area contributed by atoms with Crippen molar-refractivity contribution in [3.63, 3.8) is 0 Å². The van der Waals surface area contributed by atoms with Gasteiger partial charge in [0.2, 0.25) is 0 Å². The number of hydrogen-bond acceptors (Lipinski definition) is 5. The van der Waals surface area contributed by atoms with Gasteiger partial charge in [-0.2, -0.15) is 13.2 Å². The number of carbonyl (C=O) groups excluding carboxylic acids is 1. The van der Waals surface area contributed by atoms with Crippen LogP contribution in [0.15, 0.2) is 52.7 Å². The van der Waals surface area contributed by atoms with Crippen molar-refractivity contribution in [2.24, 2.45) is 0 Å². The van der Waals surface area contributed by atoms with Crippen LogP contribution in [0.5, 0.6) is 5.75 Å². The minimum atomic E-state index is -4.55. The first-order valence-corrected chi connectivity index (χ1v) is 13.8. The Morgan fingerprint density at radius 2 is 1.69 bits per heavy atom. The second-order valence-electron chi connectivity index (χ2n) is 10.0. The van der Waals surface area contributed by atoms with Crippen molar-refractivity contribution in [1.29, 1.82) is 0 Å². The molecule has 0 N–H and O–H groups in total. The van der Waals surface area contributed by atoms with Crippen LogP contribution in [-0.4, -0.2) is 41.6 Å². The molecule has 0 saturated carbocycles. The molecule has 2 aromatic heterocycles. The molecule has 1 saturated heterocycles. The zero-order chi connectivity index (χ0) is 26.1. The van der Waals surface area contributed by atoms with E-state index in [2.05, 4.69) is 0 Å². The molecule has 11 heteroatoms. The van der Waals surface area contributed by atoms with Gasteiger partial charge in [0.1, 0.15) is 16.3 Å². The number of thiophene rings is 1. The number of piperidine rings is 1. The van der Waals surface area contributed by atoms with Crippen molar-refractivity contribution >= 4 is 27.1 Å². The highest BCUT2D eigenvalue weighted by Crippen LogP contribution is 2.48. The normalized spacial score (nSPS) is 17.4. The SMILES string of the molecule is CC(C)(C)S(=O)(=O)c1ccsc1C(=O)N1CCC2(CC1)Oc1ccccc1-n1c(C(F)(F)F)ccc12. The summed E-state index contributed by atoms with van der Waals surface area (Å²) < 4.78 is 74.0. The molecule has 1 fully saturated rings. The van der Waals surface area contributed by atoms with E-state index in [1.54, 1.807) is 55.3 Å². The van der Waals surface area contributed by atoms with Gasteiger partial charge in [-0.05, 0) is 56.5 Å². The molecule has 4 heterocycles. The third kappa shape index (κ3) is 3.75. The number of likely N-dealkylation sites (tertiary alicyclic amines) is 1.